The average Bonchev–Trinajstić information content (AvgIpc) is 2.61. The fourth-order valence-corrected chi connectivity index (χ4v) is 1.46. The number of ether oxygens (including phenoxy) is 1. The average molecular weight is 204 g/mol. The van der Waals surface area contributed by atoms with Crippen LogP contribution in [0.25, 0.3) is 10.9 Å². The second-order valence-corrected chi connectivity index (χ2v) is 2.97. The van der Waals surface area contributed by atoms with E-state index < -0.39 is 0 Å². The molecule has 1 N–H and O–H groups in total. The number of nitrogens with zero attached hydrogens (tertiary/aromatic N) is 1. The van der Waals surface area contributed by atoms with Gasteiger partial charge in [0.1, 0.15) is 5.75 Å². The number of H-pyrrole nitrogens is 1. The lowest BCUT2D eigenvalue weighted by Gasteiger charge is -1.98. The highest BCUT2D eigenvalue weighted by atomic mass is 32.1. The van der Waals surface area contributed by atoms with Crippen molar-refractivity contribution in [1.82, 2.24) is 4.98 Å². The van der Waals surface area contributed by atoms with Crippen LogP contribution in [-0.4, -0.2) is 17.3 Å². The first-order chi connectivity index (χ1) is 6.85. The van der Waals surface area contributed by atoms with E-state index in [0.29, 0.717) is 0 Å². The number of aliphatic imine (C=N–C) groups is 1. The van der Waals surface area contributed by atoms with Crippen molar-refractivity contribution < 1.29 is 4.74 Å². The van der Waals surface area contributed by atoms with Gasteiger partial charge in [0.15, 0.2) is 0 Å². The third-order valence-corrected chi connectivity index (χ3v) is 2.12. The van der Waals surface area contributed by atoms with Crippen LogP contribution >= 0.6 is 12.2 Å². The molecule has 0 aliphatic carbocycles. The van der Waals surface area contributed by atoms with E-state index in [0.717, 1.165) is 22.3 Å². The van der Waals surface area contributed by atoms with Gasteiger partial charge in [-0.15, -0.1) is 0 Å². The zero-order valence-electron chi connectivity index (χ0n) is 7.57. The molecule has 70 valence electrons. The number of aromatic amines is 1. The van der Waals surface area contributed by atoms with Crippen molar-refractivity contribution in [2.45, 2.75) is 0 Å². The molecule has 0 bridgehead atoms. The fourth-order valence-electron chi connectivity index (χ4n) is 1.36. The summed E-state index contributed by atoms with van der Waals surface area (Å²) in [6.45, 7) is 0. The van der Waals surface area contributed by atoms with Crippen LogP contribution in [0.1, 0.15) is 0 Å². The summed E-state index contributed by atoms with van der Waals surface area (Å²) in [6.07, 6.45) is 1.80. The maximum absolute atomic E-state index is 5.10. The molecule has 0 aliphatic heterocycles. The molecule has 2 rings (SSSR count). The smallest absolute Gasteiger partial charge is 0.120 e. The van der Waals surface area contributed by atoms with Crippen LogP contribution in [0.5, 0.6) is 5.75 Å². The van der Waals surface area contributed by atoms with Crippen molar-refractivity contribution >= 4 is 34.0 Å². The van der Waals surface area contributed by atoms with Gasteiger partial charge >= 0.3 is 0 Å². The summed E-state index contributed by atoms with van der Waals surface area (Å²) in [5.41, 5.74) is 1.78. The van der Waals surface area contributed by atoms with E-state index in [4.69, 9.17) is 4.74 Å². The van der Waals surface area contributed by atoms with Gasteiger partial charge in [-0.05, 0) is 24.4 Å². The lowest BCUT2D eigenvalue weighted by atomic mass is 10.2. The van der Waals surface area contributed by atoms with Gasteiger partial charge in [-0.2, -0.15) is 4.99 Å². The van der Waals surface area contributed by atoms with Crippen LogP contribution in [-0.2, 0) is 0 Å². The lowest BCUT2D eigenvalue weighted by molar-refractivity contribution is 0.415. The van der Waals surface area contributed by atoms with Crippen LogP contribution in [0, 0.1) is 0 Å². The maximum atomic E-state index is 5.10. The Hall–Kier alpha value is -1.64. The topological polar surface area (TPSA) is 37.4 Å². The number of nitrogens with one attached hydrogen (secondary N) is 1. The molecule has 1 aromatic carbocycles. The van der Waals surface area contributed by atoms with Gasteiger partial charge in [0, 0.05) is 17.6 Å². The monoisotopic (exact) mass is 204 g/mol. The molecule has 3 nitrogen and oxygen atoms in total. The Bertz CT molecular complexity index is 512. The summed E-state index contributed by atoms with van der Waals surface area (Å²) in [5, 5.41) is 3.36. The number of thiocarbonyl (C=S) groups is 1. The number of benzene rings is 1. The Morgan fingerprint density at radius 1 is 1.50 bits per heavy atom. The van der Waals surface area contributed by atoms with Crippen LogP contribution in [0.15, 0.2) is 29.4 Å². The molecule has 0 saturated carbocycles. The zero-order valence-corrected chi connectivity index (χ0v) is 8.39. The minimum atomic E-state index is 0.803. The Morgan fingerprint density at radius 2 is 2.36 bits per heavy atom. The molecule has 4 heteroatoms. The second-order valence-electron chi connectivity index (χ2n) is 2.79. The molecule has 0 fully saturated rings. The summed E-state index contributed by atoms with van der Waals surface area (Å²) in [7, 11) is 1.64. The lowest BCUT2D eigenvalue weighted by Crippen LogP contribution is -1.80. The predicted octanol–water partition coefficient (Wildman–Crippen LogP) is 2.91. The van der Waals surface area contributed by atoms with Gasteiger partial charge in [-0.25, -0.2) is 0 Å². The summed E-state index contributed by atoms with van der Waals surface area (Å²) >= 11 is 4.56. The van der Waals surface area contributed by atoms with Crippen LogP contribution in [0.4, 0.5) is 5.69 Å². The van der Waals surface area contributed by atoms with E-state index in [1.165, 1.54) is 0 Å². The molecule has 0 saturated heterocycles. The van der Waals surface area contributed by atoms with Crippen LogP contribution < -0.4 is 4.74 Å². The normalized spacial score (nSPS) is 9.79. The number of hydrogen-bond acceptors (Lipinski definition) is 3. The zero-order chi connectivity index (χ0) is 9.97. The number of rotatable bonds is 2. The van der Waals surface area contributed by atoms with E-state index in [2.05, 4.69) is 27.4 Å². The standard InChI is InChI=1S/C10H8N2OS/c1-13-7-2-3-8-9(4-7)11-5-10(8)12-6-14/h2-5,11H,1H3. The van der Waals surface area contributed by atoms with Crippen molar-refractivity contribution in [2.24, 2.45) is 4.99 Å². The highest BCUT2D eigenvalue weighted by molar-refractivity contribution is 7.78. The number of fused-ring (bicyclic) bond motifs is 1. The maximum Gasteiger partial charge on any atom is 0.120 e. The molecule has 0 radical (unpaired) electrons. The third-order valence-electron chi connectivity index (χ3n) is 2.03. The summed E-state index contributed by atoms with van der Waals surface area (Å²) in [6, 6.07) is 5.74. The highest BCUT2D eigenvalue weighted by Gasteiger charge is 2.02. The number of isothiocyanates is 1. The number of methoxy groups -OCH3 is 1. The quantitative estimate of drug-likeness (QED) is 0.603. The van der Waals surface area contributed by atoms with Gasteiger partial charge in [-0.3, -0.25) is 0 Å². The first kappa shape index (κ1) is 8.94. The highest BCUT2D eigenvalue weighted by Crippen LogP contribution is 2.28. The van der Waals surface area contributed by atoms with E-state index in [-0.39, 0.29) is 0 Å². The van der Waals surface area contributed by atoms with Crippen LogP contribution in [0.3, 0.4) is 0 Å². The van der Waals surface area contributed by atoms with Crippen molar-refractivity contribution in [1.29, 1.82) is 0 Å². The molecule has 1 aromatic heterocycles. The van der Waals surface area contributed by atoms with Gasteiger partial charge in [0.05, 0.1) is 23.5 Å². The Morgan fingerprint density at radius 3 is 3.07 bits per heavy atom. The molecular formula is C10H8N2OS. The molecular weight excluding hydrogens is 196 g/mol. The molecule has 1 heterocycles. The van der Waals surface area contributed by atoms with E-state index in [1.807, 2.05) is 18.2 Å². The molecule has 0 amide bonds. The Kier molecular flexibility index (Phi) is 2.31. The molecule has 14 heavy (non-hydrogen) atoms. The first-order valence-electron chi connectivity index (χ1n) is 4.08. The van der Waals surface area contributed by atoms with Gasteiger partial charge in [0.2, 0.25) is 0 Å². The van der Waals surface area contributed by atoms with Gasteiger partial charge in [0.25, 0.3) is 0 Å². The summed E-state index contributed by atoms with van der Waals surface area (Å²) in [4.78, 5) is 7.03. The van der Waals surface area contributed by atoms with E-state index >= 15 is 0 Å². The molecule has 2 aromatic rings. The minimum absolute atomic E-state index is 0.803. The second kappa shape index (κ2) is 3.62. The predicted molar refractivity (Wildman–Crippen MR) is 59.5 cm³/mol. The van der Waals surface area contributed by atoms with Gasteiger partial charge in [-0.1, -0.05) is 0 Å². The third kappa shape index (κ3) is 1.41. The Balaban J connectivity index is 2.65. The van der Waals surface area contributed by atoms with Crippen molar-refractivity contribution in [3.8, 4) is 5.75 Å². The van der Waals surface area contributed by atoms with Gasteiger partial charge < -0.3 is 9.72 Å². The van der Waals surface area contributed by atoms with Crippen LogP contribution in [0.2, 0.25) is 0 Å². The Labute approximate surface area is 86.4 Å². The molecule has 0 atom stereocenters. The number of hydrogen-bond donors (Lipinski definition) is 1. The molecule has 0 unspecified atom stereocenters. The largest absolute Gasteiger partial charge is 0.497 e. The summed E-state index contributed by atoms with van der Waals surface area (Å²) < 4.78 is 5.10. The molecule has 0 aliphatic rings. The minimum Gasteiger partial charge on any atom is -0.497 e. The van der Waals surface area contributed by atoms with Crippen molar-refractivity contribution in [3.63, 3.8) is 0 Å². The van der Waals surface area contributed by atoms with Crippen molar-refractivity contribution in [3.05, 3.63) is 24.4 Å². The van der Waals surface area contributed by atoms with E-state index in [1.54, 1.807) is 13.3 Å². The number of aromatic nitrogens is 1. The summed E-state index contributed by atoms with van der Waals surface area (Å²) in [5.74, 6) is 0.817. The molecule has 0 spiro atoms. The fraction of sp³-hybridized carbons (Fsp3) is 0.100. The van der Waals surface area contributed by atoms with E-state index in [9.17, 15) is 0 Å². The SMILES string of the molecule is COc1ccc2c(N=C=S)c[nH]c2c1. The van der Waals surface area contributed by atoms with Crippen molar-refractivity contribution in [2.75, 3.05) is 7.11 Å². The first-order valence-corrected chi connectivity index (χ1v) is 4.49.